The Bertz CT molecular complexity index is 1340. The van der Waals surface area contributed by atoms with Crippen LogP contribution >= 0.6 is 0 Å². The highest BCUT2D eigenvalue weighted by atomic mass is 19.4. The predicted molar refractivity (Wildman–Crippen MR) is 141 cm³/mol. The summed E-state index contributed by atoms with van der Waals surface area (Å²) < 4.78 is 48.1. The summed E-state index contributed by atoms with van der Waals surface area (Å²) in [4.78, 5) is 15.2. The molecule has 1 saturated carbocycles. The third-order valence-corrected chi connectivity index (χ3v) is 5.41. The van der Waals surface area contributed by atoms with Gasteiger partial charge in [-0.15, -0.1) is 0 Å². The zero-order chi connectivity index (χ0) is 27.7. The molecule has 38 heavy (non-hydrogen) atoms. The van der Waals surface area contributed by atoms with Gasteiger partial charge >= 0.3 is 6.18 Å². The molecular formula is C27H30F3N5O3. The van der Waals surface area contributed by atoms with Crippen LogP contribution in [-0.4, -0.2) is 35.3 Å². The standard InChI is InChI=1S/C14H11F3N4O.C11H13NO2.C2H6/c1-22-11-6-8(14(15,16)17)7-18-13(11)19-12-9-4-2-3-5-10(9)20-21-12;1-14-10-6-4-9(5-7-10)12-11(13)8-2-3-8;1-2/h2-7H,1H3,(H2,18,19,20,21);4-8H,2-3H2,1H3,(H,12,13);1-2H3. The van der Waals surface area contributed by atoms with E-state index >= 15 is 0 Å². The summed E-state index contributed by atoms with van der Waals surface area (Å²) >= 11 is 0. The molecule has 1 amide bonds. The Balaban J connectivity index is 0.000000215. The van der Waals surface area contributed by atoms with Gasteiger partial charge in [0, 0.05) is 23.2 Å². The van der Waals surface area contributed by atoms with Crippen molar-refractivity contribution in [2.24, 2.45) is 5.92 Å². The molecule has 3 N–H and O–H groups in total. The Morgan fingerprint density at radius 2 is 1.68 bits per heavy atom. The molecular weight excluding hydrogens is 499 g/mol. The normalized spacial score (nSPS) is 12.4. The van der Waals surface area contributed by atoms with Crippen LogP contribution < -0.4 is 20.1 Å². The maximum atomic E-state index is 12.7. The molecule has 5 rings (SSSR count). The number of aromatic nitrogens is 3. The van der Waals surface area contributed by atoms with Crippen LogP contribution in [0.25, 0.3) is 10.9 Å². The highest BCUT2D eigenvalue weighted by Crippen LogP contribution is 2.35. The van der Waals surface area contributed by atoms with Crippen molar-refractivity contribution in [2.45, 2.75) is 32.9 Å². The van der Waals surface area contributed by atoms with E-state index in [9.17, 15) is 18.0 Å². The summed E-state index contributed by atoms with van der Waals surface area (Å²) in [6.45, 7) is 4.00. The van der Waals surface area contributed by atoms with E-state index in [1.807, 2.05) is 62.4 Å². The van der Waals surface area contributed by atoms with E-state index in [0.717, 1.165) is 47.4 Å². The van der Waals surface area contributed by atoms with Crippen molar-refractivity contribution in [1.82, 2.24) is 15.2 Å². The smallest absolute Gasteiger partial charge is 0.418 e. The second-order valence-electron chi connectivity index (χ2n) is 8.01. The van der Waals surface area contributed by atoms with Gasteiger partial charge in [0.25, 0.3) is 0 Å². The first-order valence-corrected chi connectivity index (χ1v) is 12.0. The monoisotopic (exact) mass is 529 g/mol. The molecule has 0 unspecified atom stereocenters. The molecule has 11 heteroatoms. The third kappa shape index (κ3) is 7.37. The average Bonchev–Trinajstić information content (AvgIpc) is 3.72. The molecule has 1 fully saturated rings. The number of carbonyl (C=O) groups excluding carboxylic acids is 1. The molecule has 2 aromatic carbocycles. The number of hydrogen-bond donors (Lipinski definition) is 3. The van der Waals surface area contributed by atoms with Gasteiger partial charge in [0.1, 0.15) is 5.75 Å². The maximum absolute atomic E-state index is 12.7. The fourth-order valence-electron chi connectivity index (χ4n) is 3.28. The summed E-state index contributed by atoms with van der Waals surface area (Å²) in [6.07, 6.45) is -1.67. The Morgan fingerprint density at radius 1 is 1.00 bits per heavy atom. The van der Waals surface area contributed by atoms with Crippen molar-refractivity contribution in [2.75, 3.05) is 24.9 Å². The Hall–Kier alpha value is -4.28. The minimum absolute atomic E-state index is 0.0121. The Labute approximate surface area is 218 Å². The van der Waals surface area contributed by atoms with Crippen molar-refractivity contribution in [1.29, 1.82) is 0 Å². The molecule has 1 aliphatic carbocycles. The number of rotatable bonds is 6. The first-order valence-electron chi connectivity index (χ1n) is 12.0. The van der Waals surface area contributed by atoms with Crippen molar-refractivity contribution >= 4 is 34.1 Å². The Morgan fingerprint density at radius 3 is 2.29 bits per heavy atom. The molecule has 0 spiro atoms. The first-order chi connectivity index (χ1) is 18.3. The second-order valence-corrected chi connectivity index (χ2v) is 8.01. The van der Waals surface area contributed by atoms with Crippen LogP contribution in [0.2, 0.25) is 0 Å². The molecule has 2 aromatic heterocycles. The fourth-order valence-corrected chi connectivity index (χ4v) is 3.28. The van der Waals surface area contributed by atoms with Crippen LogP contribution in [0, 0.1) is 5.92 Å². The zero-order valence-corrected chi connectivity index (χ0v) is 21.5. The second kappa shape index (κ2) is 12.8. The number of methoxy groups -OCH3 is 2. The Kier molecular flexibility index (Phi) is 9.53. The minimum Gasteiger partial charge on any atom is -0.497 e. The summed E-state index contributed by atoms with van der Waals surface area (Å²) in [5.41, 5.74) is 0.764. The molecule has 1 aliphatic rings. The van der Waals surface area contributed by atoms with Crippen LogP contribution in [-0.2, 0) is 11.0 Å². The molecule has 0 radical (unpaired) electrons. The molecule has 0 saturated heterocycles. The molecule has 0 atom stereocenters. The van der Waals surface area contributed by atoms with Gasteiger partial charge in [-0.1, -0.05) is 26.0 Å². The summed E-state index contributed by atoms with van der Waals surface area (Å²) in [7, 11) is 2.91. The van der Waals surface area contributed by atoms with Crippen molar-refractivity contribution < 1.29 is 27.4 Å². The lowest BCUT2D eigenvalue weighted by Crippen LogP contribution is -2.12. The number of nitrogens with one attached hydrogen (secondary N) is 3. The zero-order valence-electron chi connectivity index (χ0n) is 21.5. The SMILES string of the molecule is CC.COc1cc(C(F)(F)F)cnc1Nc1n[nH]c2ccccc12.COc1ccc(NC(=O)C2CC2)cc1. The van der Waals surface area contributed by atoms with Crippen LogP contribution in [0.3, 0.4) is 0 Å². The average molecular weight is 530 g/mol. The third-order valence-electron chi connectivity index (χ3n) is 5.41. The van der Waals surface area contributed by atoms with Crippen LogP contribution in [0.4, 0.5) is 30.5 Å². The van der Waals surface area contributed by atoms with Gasteiger partial charge in [-0.25, -0.2) is 4.98 Å². The van der Waals surface area contributed by atoms with Gasteiger partial charge in [-0.3, -0.25) is 9.89 Å². The summed E-state index contributed by atoms with van der Waals surface area (Å²) in [5, 5.41) is 13.4. The van der Waals surface area contributed by atoms with Crippen LogP contribution in [0.1, 0.15) is 32.3 Å². The molecule has 8 nitrogen and oxygen atoms in total. The molecule has 0 bridgehead atoms. The first kappa shape index (κ1) is 28.3. The number of H-pyrrole nitrogens is 1. The van der Waals surface area contributed by atoms with E-state index in [4.69, 9.17) is 9.47 Å². The number of alkyl halides is 3. The van der Waals surface area contributed by atoms with Crippen LogP contribution in [0.15, 0.2) is 60.8 Å². The van der Waals surface area contributed by atoms with E-state index in [0.29, 0.717) is 5.82 Å². The number of halogens is 3. The summed E-state index contributed by atoms with van der Waals surface area (Å²) in [5.74, 6) is 1.79. The van der Waals surface area contributed by atoms with Crippen molar-refractivity contribution in [3.8, 4) is 11.5 Å². The maximum Gasteiger partial charge on any atom is 0.418 e. The van der Waals surface area contributed by atoms with Gasteiger partial charge in [0.2, 0.25) is 5.91 Å². The number of aromatic amines is 1. The topological polar surface area (TPSA) is 101 Å². The van der Waals surface area contributed by atoms with E-state index in [-0.39, 0.29) is 23.4 Å². The van der Waals surface area contributed by atoms with Crippen molar-refractivity contribution in [3.63, 3.8) is 0 Å². The van der Waals surface area contributed by atoms with E-state index in [2.05, 4.69) is 25.8 Å². The van der Waals surface area contributed by atoms with Crippen LogP contribution in [0.5, 0.6) is 11.5 Å². The van der Waals surface area contributed by atoms with Crippen molar-refractivity contribution in [3.05, 3.63) is 66.4 Å². The highest BCUT2D eigenvalue weighted by Gasteiger charge is 2.32. The van der Waals surface area contributed by atoms with E-state index in [1.165, 1.54) is 7.11 Å². The van der Waals surface area contributed by atoms with Gasteiger partial charge in [0.15, 0.2) is 17.4 Å². The minimum atomic E-state index is -4.47. The number of para-hydroxylation sites is 1. The van der Waals surface area contributed by atoms with E-state index < -0.39 is 11.7 Å². The molecule has 2 heterocycles. The number of amides is 1. The van der Waals surface area contributed by atoms with Gasteiger partial charge in [0.05, 0.1) is 25.3 Å². The van der Waals surface area contributed by atoms with Gasteiger partial charge < -0.3 is 20.1 Å². The number of benzene rings is 2. The molecule has 4 aromatic rings. The number of fused-ring (bicyclic) bond motifs is 1. The number of ether oxygens (including phenoxy) is 2. The lowest BCUT2D eigenvalue weighted by atomic mass is 10.2. The number of pyridine rings is 1. The molecule has 202 valence electrons. The number of nitrogens with zero attached hydrogens (tertiary/aromatic N) is 2. The fraction of sp³-hybridized carbons (Fsp3) is 0.296. The lowest BCUT2D eigenvalue weighted by Gasteiger charge is -2.12. The lowest BCUT2D eigenvalue weighted by molar-refractivity contribution is -0.137. The molecule has 0 aliphatic heterocycles. The number of anilines is 3. The van der Waals surface area contributed by atoms with Gasteiger partial charge in [-0.05, 0) is 55.3 Å². The largest absolute Gasteiger partial charge is 0.497 e. The quantitative estimate of drug-likeness (QED) is 0.254. The summed E-state index contributed by atoms with van der Waals surface area (Å²) in [6, 6.07) is 15.6. The number of hydrogen-bond acceptors (Lipinski definition) is 6. The van der Waals surface area contributed by atoms with Gasteiger partial charge in [-0.2, -0.15) is 18.3 Å². The predicted octanol–water partition coefficient (Wildman–Crippen LogP) is 6.80. The van der Waals surface area contributed by atoms with E-state index in [1.54, 1.807) is 7.11 Å². The highest BCUT2D eigenvalue weighted by molar-refractivity contribution is 5.94. The number of carbonyl (C=O) groups is 1.